The molecule has 25 heteroatoms. The maximum Gasteiger partial charge on any atom is 0.220 e. The summed E-state index contributed by atoms with van der Waals surface area (Å²) in [6.45, 7) is 11.6. The number of thioether (sulfide) groups is 1. The summed E-state index contributed by atoms with van der Waals surface area (Å²) in [5.74, 6) is -0.636. The Morgan fingerprint density at radius 3 is 1.63 bits per heavy atom. The van der Waals surface area contributed by atoms with Crippen LogP contribution < -0.4 is 14.8 Å². The lowest BCUT2D eigenvalue weighted by Crippen LogP contribution is -2.34. The van der Waals surface area contributed by atoms with E-state index in [2.05, 4.69) is 67.4 Å². The number of nitrogens with zero attached hydrogens (tertiary/aromatic N) is 5. The summed E-state index contributed by atoms with van der Waals surface area (Å²) in [5, 5.41) is 8.96. The van der Waals surface area contributed by atoms with Gasteiger partial charge in [-0.05, 0) is 54.6 Å². The molecule has 442 valence electrons. The lowest BCUT2D eigenvalue weighted by molar-refractivity contribution is -0.671. The Morgan fingerprint density at radius 2 is 1.13 bits per heavy atom. The third-order valence-corrected chi connectivity index (χ3v) is 13.5. The van der Waals surface area contributed by atoms with Gasteiger partial charge in [0.05, 0.1) is 185 Å². The average Bonchev–Trinajstić information content (AvgIpc) is 3.76. The third kappa shape index (κ3) is 32.0. The van der Waals surface area contributed by atoms with Crippen molar-refractivity contribution < 1.29 is 84.0 Å². The zero-order valence-electron chi connectivity index (χ0n) is 45.8. The largest absolute Gasteiger partial charge is 0.748 e. The van der Waals surface area contributed by atoms with Crippen LogP contribution in [0.2, 0.25) is 0 Å². The van der Waals surface area contributed by atoms with Crippen LogP contribution in [-0.2, 0) is 83.1 Å². The Kier molecular flexibility index (Phi) is 36.8. The predicted octanol–water partition coefficient (Wildman–Crippen LogP) is 5.77. The highest BCUT2D eigenvalue weighted by Crippen LogP contribution is 2.47. The van der Waals surface area contributed by atoms with E-state index in [-0.39, 0.29) is 37.6 Å². The van der Waals surface area contributed by atoms with Crippen molar-refractivity contribution in [1.29, 1.82) is 0 Å². The number of unbranched alkanes of at least 4 members (excludes halogenated alkanes) is 2. The van der Waals surface area contributed by atoms with Crippen molar-refractivity contribution in [2.45, 2.75) is 56.4 Å². The number of aryl methyl sites for hydroxylation is 1. The summed E-state index contributed by atoms with van der Waals surface area (Å²) in [7, 11) is -2.24. The van der Waals surface area contributed by atoms with Crippen molar-refractivity contribution >= 4 is 61.9 Å². The smallest absolute Gasteiger partial charge is 0.220 e. The van der Waals surface area contributed by atoms with Crippen molar-refractivity contribution in [3.63, 3.8) is 0 Å². The van der Waals surface area contributed by atoms with E-state index < -0.39 is 15.9 Å². The first-order chi connectivity index (χ1) is 38.6. The number of benzene rings is 2. The van der Waals surface area contributed by atoms with Gasteiger partial charge >= 0.3 is 0 Å². The first kappa shape index (κ1) is 67.1. The monoisotopic (exact) mass is 1150 g/mol. The second-order valence-electron chi connectivity index (χ2n) is 17.6. The number of amides is 1. The number of ether oxygens (including phenoxy) is 12. The van der Waals surface area contributed by atoms with Crippen molar-refractivity contribution in [2.24, 2.45) is 5.11 Å². The van der Waals surface area contributed by atoms with Gasteiger partial charge in [0, 0.05) is 72.7 Å². The van der Waals surface area contributed by atoms with E-state index in [1.165, 1.54) is 5.39 Å². The molecule has 3 aromatic rings. The number of para-hydroxylation sites is 1. The maximum absolute atomic E-state index is 12.4. The normalized spacial score (nSPS) is 12.9. The van der Waals surface area contributed by atoms with Crippen molar-refractivity contribution in [1.82, 2.24) is 5.32 Å². The first-order valence-electron chi connectivity index (χ1n) is 27.0. The molecule has 0 radical (unpaired) electrons. The van der Waals surface area contributed by atoms with Gasteiger partial charge in [-0.2, -0.15) is 4.57 Å². The van der Waals surface area contributed by atoms with Gasteiger partial charge in [0.1, 0.15) is 12.3 Å². The van der Waals surface area contributed by atoms with E-state index in [1.54, 1.807) is 11.8 Å². The van der Waals surface area contributed by atoms with Crippen molar-refractivity contribution in [3.05, 3.63) is 75.8 Å². The zero-order chi connectivity index (χ0) is 56.3. The molecule has 4 rings (SSSR count). The lowest BCUT2D eigenvalue weighted by atomic mass is 10.1. The number of pyridine rings is 1. The summed E-state index contributed by atoms with van der Waals surface area (Å²) < 4.78 is 99.8. The van der Waals surface area contributed by atoms with Crippen LogP contribution in [0, 0.1) is 0 Å². The number of nitrogens with one attached hydrogen (secondary N) is 1. The number of fused-ring (bicyclic) bond motifs is 2. The van der Waals surface area contributed by atoms with Crippen LogP contribution in [0.1, 0.15) is 50.5 Å². The van der Waals surface area contributed by atoms with Crippen LogP contribution in [0.25, 0.3) is 27.4 Å². The number of hydrogen-bond acceptors (Lipinski definition) is 20. The molecule has 79 heavy (non-hydrogen) atoms. The molecule has 1 aromatic heterocycles. The molecular weight excluding hydrogens is 1070 g/mol. The van der Waals surface area contributed by atoms with Gasteiger partial charge in [0.15, 0.2) is 6.20 Å². The quantitative estimate of drug-likeness (QED) is 0.0175. The molecule has 23 nitrogen and oxygen atoms in total. The first-order valence-corrected chi connectivity index (χ1v) is 29.4. The van der Waals surface area contributed by atoms with Gasteiger partial charge in [0.2, 0.25) is 11.4 Å². The predicted molar refractivity (Wildman–Crippen MR) is 296 cm³/mol. The fourth-order valence-electron chi connectivity index (χ4n) is 7.54. The van der Waals surface area contributed by atoms with Crippen LogP contribution in [0.15, 0.2) is 69.8 Å². The highest BCUT2D eigenvalue weighted by Gasteiger charge is 2.23. The van der Waals surface area contributed by atoms with Gasteiger partial charge in [-0.15, -0.1) is 0 Å². The molecule has 2 heterocycles. The number of azide groups is 1. The minimum absolute atomic E-state index is 0.0326. The Morgan fingerprint density at radius 1 is 0.633 bits per heavy atom. The molecule has 0 saturated heterocycles. The summed E-state index contributed by atoms with van der Waals surface area (Å²) in [6, 6.07) is 16.3. The summed E-state index contributed by atoms with van der Waals surface area (Å²) >= 11 is 1.66. The average molecular weight is 1150 g/mol. The zero-order valence-corrected chi connectivity index (χ0v) is 47.4. The summed E-state index contributed by atoms with van der Waals surface area (Å²) in [4.78, 5) is 30.1. The summed E-state index contributed by atoms with van der Waals surface area (Å²) in [6.07, 6.45) is 7.81. The fourth-order valence-corrected chi connectivity index (χ4v) is 9.17. The highest BCUT2D eigenvalue weighted by molar-refractivity contribution is 8.03. The number of carbonyl (C=O) groups is 2. The number of anilines is 1. The number of carbonyl (C=O) groups excluding carboxylic acids is 2. The second-order valence-corrected chi connectivity index (χ2v) is 20.2. The van der Waals surface area contributed by atoms with Crippen LogP contribution in [0.5, 0.6) is 0 Å². The molecular formula is C54H82N6O17S2. The van der Waals surface area contributed by atoms with Crippen LogP contribution in [-0.4, -0.2) is 203 Å². The molecule has 0 unspecified atom stereocenters. The van der Waals surface area contributed by atoms with E-state index >= 15 is 0 Å². The molecule has 0 saturated carbocycles. The molecule has 0 fully saturated rings. The Bertz CT molecular complexity index is 2350. The number of Topliss-reactive ketones (excluding diaryl/α,β-unsaturated/α-hetero) is 1. The molecule has 0 spiro atoms. The Balaban J connectivity index is 0.804. The number of rotatable bonds is 51. The molecule has 1 N–H and O–H groups in total. The van der Waals surface area contributed by atoms with E-state index in [4.69, 9.17) is 62.4 Å². The van der Waals surface area contributed by atoms with Gasteiger partial charge in [-0.25, -0.2) is 8.42 Å². The maximum atomic E-state index is 12.4. The molecule has 1 amide bonds. The van der Waals surface area contributed by atoms with Gasteiger partial charge in [-0.3, -0.25) is 9.59 Å². The van der Waals surface area contributed by atoms with Crippen LogP contribution >= 0.6 is 11.8 Å². The lowest BCUT2D eigenvalue weighted by Gasteiger charge is -2.14. The van der Waals surface area contributed by atoms with Crippen LogP contribution in [0.4, 0.5) is 11.4 Å². The van der Waals surface area contributed by atoms with E-state index in [1.807, 2.05) is 25.2 Å². The van der Waals surface area contributed by atoms with E-state index in [9.17, 15) is 22.6 Å². The van der Waals surface area contributed by atoms with Gasteiger partial charge < -0.3 is 71.6 Å². The van der Waals surface area contributed by atoms with Gasteiger partial charge in [0.25, 0.3) is 0 Å². The van der Waals surface area contributed by atoms with E-state index in [0.717, 1.165) is 52.5 Å². The van der Waals surface area contributed by atoms with Gasteiger partial charge in [-0.1, -0.05) is 35.1 Å². The highest BCUT2D eigenvalue weighted by atomic mass is 32.2. The molecule has 1 aliphatic heterocycles. The Labute approximate surface area is 469 Å². The molecule has 0 bridgehead atoms. The standard InChI is InChI=1S/C54H82N6O17S2/c1-59-51-13-12-47(57-58-55)45-52(51)78-54(59)44-46-14-18-60(50-10-5-4-9-49(46)50)17-6-2-3-11-53(62)56-16-20-67-22-24-69-26-28-71-30-32-73-34-36-75-38-40-77-42-41-76-39-37-74-35-33-72-31-29-70-27-25-68-23-21-66-19-15-48(61)8-7-43-79(63,64)65/h4-5,9-10,12-14,18,44-45H,2-3,6-8,11,15-17,19-43H2,1H3,(H-,56,62,63,64,65). The summed E-state index contributed by atoms with van der Waals surface area (Å²) in [5.41, 5.74) is 12.8. The second kappa shape index (κ2) is 43.4. The number of aromatic nitrogens is 1. The van der Waals surface area contributed by atoms with E-state index in [0.29, 0.717) is 171 Å². The molecule has 2 aromatic carbocycles. The van der Waals surface area contributed by atoms with Crippen LogP contribution in [0.3, 0.4) is 0 Å². The van der Waals surface area contributed by atoms with Crippen molar-refractivity contribution in [2.75, 3.05) is 183 Å². The molecule has 0 atom stereocenters. The Hall–Kier alpha value is -4.38. The number of ketones is 1. The third-order valence-electron chi connectivity index (χ3n) is 11.6. The van der Waals surface area contributed by atoms with Crippen molar-refractivity contribution in [3.8, 4) is 0 Å². The molecule has 1 aliphatic rings. The molecule has 0 aliphatic carbocycles. The topological polar surface area (TPSA) is 270 Å². The minimum atomic E-state index is -4.28. The SMILES string of the molecule is CN1C(=Cc2cc[n+](CCCCCC(=O)NCCOCCOCCOCCOCCOCCOCCOCCOCCOCCOCCOCCOCCC(=O)CCCS(=O)(=O)[O-])c3ccccc23)Sc2cc(N=[N+]=[N-])ccc21. The number of hydrogen-bond donors (Lipinski definition) is 1. The fraction of sp³-hybridized carbons (Fsp3) is 0.648. The minimum Gasteiger partial charge on any atom is -0.748 e.